The molecule has 1 aliphatic rings. The van der Waals surface area contributed by atoms with Crippen LogP contribution in [0.1, 0.15) is 31.6 Å². The summed E-state index contributed by atoms with van der Waals surface area (Å²) in [5, 5.41) is 4.26. The molecule has 0 saturated carbocycles. The summed E-state index contributed by atoms with van der Waals surface area (Å²) in [5.74, 6) is 1.15. The molecule has 0 radical (unpaired) electrons. The second kappa shape index (κ2) is 4.31. The highest BCUT2D eigenvalue weighted by Crippen LogP contribution is 2.27. The van der Waals surface area contributed by atoms with E-state index in [1.54, 1.807) is 0 Å². The number of aromatic nitrogens is 2. The Labute approximate surface area is 106 Å². The van der Waals surface area contributed by atoms with E-state index in [9.17, 15) is 0 Å². The van der Waals surface area contributed by atoms with Crippen LogP contribution in [0.5, 0.6) is 0 Å². The quantitative estimate of drug-likeness (QED) is 0.886. The van der Waals surface area contributed by atoms with Crippen LogP contribution < -0.4 is 5.32 Å². The van der Waals surface area contributed by atoms with Gasteiger partial charge in [0.05, 0.1) is 17.1 Å². The summed E-state index contributed by atoms with van der Waals surface area (Å²) in [7, 11) is 0. The first kappa shape index (κ1) is 11.1. The van der Waals surface area contributed by atoms with Gasteiger partial charge in [-0.3, -0.25) is 0 Å². The second-order valence-corrected chi connectivity index (χ2v) is 4.93. The zero-order valence-corrected chi connectivity index (χ0v) is 10.7. The van der Waals surface area contributed by atoms with Crippen LogP contribution in [-0.4, -0.2) is 16.1 Å². The number of fused-ring (bicyclic) bond motifs is 1. The van der Waals surface area contributed by atoms with Gasteiger partial charge in [-0.15, -0.1) is 0 Å². The van der Waals surface area contributed by atoms with Gasteiger partial charge in [0.2, 0.25) is 0 Å². The van der Waals surface area contributed by atoms with Crippen molar-refractivity contribution in [3.8, 4) is 0 Å². The average Bonchev–Trinajstić information content (AvgIpc) is 2.94. The highest BCUT2D eigenvalue weighted by atomic mass is 35.5. The van der Waals surface area contributed by atoms with Crippen molar-refractivity contribution >= 4 is 22.6 Å². The fraction of sp³-hybridized carbons (Fsp3) is 0.462. The highest BCUT2D eigenvalue weighted by molar-refractivity contribution is 6.31. The first-order chi connectivity index (χ1) is 8.29. The van der Waals surface area contributed by atoms with E-state index in [0.717, 1.165) is 29.5 Å². The zero-order chi connectivity index (χ0) is 11.8. The smallest absolute Gasteiger partial charge is 0.127 e. The van der Waals surface area contributed by atoms with Crippen LogP contribution in [0.4, 0.5) is 0 Å². The molecule has 0 amide bonds. The molecular weight excluding hydrogens is 234 g/mol. The SMILES string of the molecule is CCn1c(C2CCCN2)nc2cc(Cl)ccc21. The van der Waals surface area contributed by atoms with Crippen molar-refractivity contribution in [3.05, 3.63) is 29.0 Å². The topological polar surface area (TPSA) is 29.9 Å². The molecule has 3 rings (SSSR count). The number of hydrogen-bond acceptors (Lipinski definition) is 2. The molecule has 17 heavy (non-hydrogen) atoms. The lowest BCUT2D eigenvalue weighted by molar-refractivity contribution is 0.565. The van der Waals surface area contributed by atoms with Gasteiger partial charge in [-0.1, -0.05) is 11.6 Å². The summed E-state index contributed by atoms with van der Waals surface area (Å²) >= 11 is 6.02. The predicted octanol–water partition coefficient (Wildman–Crippen LogP) is 3.13. The summed E-state index contributed by atoms with van der Waals surface area (Å²) in [6, 6.07) is 6.35. The monoisotopic (exact) mass is 249 g/mol. The molecule has 0 spiro atoms. The van der Waals surface area contributed by atoms with Crippen molar-refractivity contribution in [2.45, 2.75) is 32.4 Å². The minimum absolute atomic E-state index is 0.404. The second-order valence-electron chi connectivity index (χ2n) is 4.50. The standard InChI is InChI=1S/C13H16ClN3/c1-2-17-12-6-5-9(14)8-11(12)16-13(17)10-4-3-7-15-10/h5-6,8,10,15H,2-4,7H2,1H3. The van der Waals surface area contributed by atoms with E-state index in [4.69, 9.17) is 16.6 Å². The van der Waals surface area contributed by atoms with Crippen molar-refractivity contribution in [1.29, 1.82) is 0 Å². The first-order valence-corrected chi connectivity index (χ1v) is 6.56. The number of hydrogen-bond donors (Lipinski definition) is 1. The van der Waals surface area contributed by atoms with Crippen molar-refractivity contribution in [3.63, 3.8) is 0 Å². The maximum Gasteiger partial charge on any atom is 0.127 e. The summed E-state index contributed by atoms with van der Waals surface area (Å²) < 4.78 is 2.29. The number of benzene rings is 1. The van der Waals surface area contributed by atoms with E-state index in [2.05, 4.69) is 22.9 Å². The molecule has 1 aliphatic heterocycles. The Hall–Kier alpha value is -1.06. The maximum atomic E-state index is 6.02. The van der Waals surface area contributed by atoms with Gasteiger partial charge in [-0.2, -0.15) is 0 Å². The Balaban J connectivity index is 2.16. The molecule has 0 aliphatic carbocycles. The van der Waals surface area contributed by atoms with Gasteiger partial charge >= 0.3 is 0 Å². The molecule has 1 atom stereocenters. The summed E-state index contributed by atoms with van der Waals surface area (Å²) in [5.41, 5.74) is 2.18. The van der Waals surface area contributed by atoms with Crippen molar-refractivity contribution in [1.82, 2.24) is 14.9 Å². The van der Waals surface area contributed by atoms with Crippen molar-refractivity contribution < 1.29 is 0 Å². The Morgan fingerprint density at radius 2 is 2.41 bits per heavy atom. The number of nitrogens with zero attached hydrogens (tertiary/aromatic N) is 2. The molecule has 1 aromatic carbocycles. The lowest BCUT2D eigenvalue weighted by Crippen LogP contribution is -2.17. The van der Waals surface area contributed by atoms with Crippen LogP contribution >= 0.6 is 11.6 Å². The normalized spacial score (nSPS) is 20.2. The Morgan fingerprint density at radius 1 is 1.53 bits per heavy atom. The Morgan fingerprint density at radius 3 is 3.12 bits per heavy atom. The molecule has 2 aromatic rings. The summed E-state index contributed by atoms with van der Waals surface area (Å²) in [4.78, 5) is 4.74. The summed E-state index contributed by atoms with van der Waals surface area (Å²) in [6.45, 7) is 4.21. The van der Waals surface area contributed by atoms with E-state index in [0.29, 0.717) is 6.04 Å². The number of halogens is 1. The van der Waals surface area contributed by atoms with Crippen molar-refractivity contribution in [2.75, 3.05) is 6.54 Å². The molecule has 1 fully saturated rings. The van der Waals surface area contributed by atoms with Crippen LogP contribution in [0.2, 0.25) is 5.02 Å². The number of imidazole rings is 1. The van der Waals surface area contributed by atoms with Gasteiger partial charge in [0.1, 0.15) is 5.82 Å². The van der Waals surface area contributed by atoms with Gasteiger partial charge in [-0.05, 0) is 44.5 Å². The van der Waals surface area contributed by atoms with Crippen LogP contribution in [0.3, 0.4) is 0 Å². The summed E-state index contributed by atoms with van der Waals surface area (Å²) in [6.07, 6.45) is 2.41. The number of nitrogens with one attached hydrogen (secondary N) is 1. The Bertz CT molecular complexity index is 541. The molecule has 1 saturated heterocycles. The molecule has 3 nitrogen and oxygen atoms in total. The van der Waals surface area contributed by atoms with Crippen LogP contribution in [0.15, 0.2) is 18.2 Å². The molecule has 90 valence electrons. The fourth-order valence-electron chi connectivity index (χ4n) is 2.62. The third-order valence-corrected chi connectivity index (χ3v) is 3.66. The fourth-order valence-corrected chi connectivity index (χ4v) is 2.79. The average molecular weight is 250 g/mol. The first-order valence-electron chi connectivity index (χ1n) is 6.18. The maximum absolute atomic E-state index is 6.02. The molecule has 0 bridgehead atoms. The molecule has 4 heteroatoms. The van der Waals surface area contributed by atoms with Gasteiger partial charge in [0.15, 0.2) is 0 Å². The highest BCUT2D eigenvalue weighted by Gasteiger charge is 2.22. The van der Waals surface area contributed by atoms with Gasteiger partial charge in [-0.25, -0.2) is 4.98 Å². The molecule has 1 N–H and O–H groups in total. The van der Waals surface area contributed by atoms with Crippen LogP contribution in [-0.2, 0) is 6.54 Å². The van der Waals surface area contributed by atoms with E-state index in [1.807, 2.05) is 12.1 Å². The lowest BCUT2D eigenvalue weighted by atomic mass is 10.2. The van der Waals surface area contributed by atoms with Crippen LogP contribution in [0, 0.1) is 0 Å². The van der Waals surface area contributed by atoms with E-state index in [1.165, 1.54) is 18.4 Å². The van der Waals surface area contributed by atoms with Gasteiger partial charge < -0.3 is 9.88 Å². The molecule has 2 heterocycles. The Kier molecular flexibility index (Phi) is 2.81. The van der Waals surface area contributed by atoms with E-state index < -0.39 is 0 Å². The van der Waals surface area contributed by atoms with Gasteiger partial charge in [0.25, 0.3) is 0 Å². The third kappa shape index (κ3) is 1.83. The third-order valence-electron chi connectivity index (χ3n) is 3.43. The molecule has 1 unspecified atom stereocenters. The zero-order valence-electron chi connectivity index (χ0n) is 9.91. The predicted molar refractivity (Wildman–Crippen MR) is 70.4 cm³/mol. The lowest BCUT2D eigenvalue weighted by Gasteiger charge is -2.12. The number of rotatable bonds is 2. The van der Waals surface area contributed by atoms with Gasteiger partial charge in [0, 0.05) is 11.6 Å². The van der Waals surface area contributed by atoms with E-state index >= 15 is 0 Å². The molecular formula is C13H16ClN3. The van der Waals surface area contributed by atoms with Crippen LogP contribution in [0.25, 0.3) is 11.0 Å². The molecule has 1 aromatic heterocycles. The minimum Gasteiger partial charge on any atom is -0.327 e. The number of aryl methyl sites for hydroxylation is 1. The van der Waals surface area contributed by atoms with E-state index in [-0.39, 0.29) is 0 Å². The van der Waals surface area contributed by atoms with Crippen molar-refractivity contribution in [2.24, 2.45) is 0 Å². The largest absolute Gasteiger partial charge is 0.327 e. The minimum atomic E-state index is 0.404.